The van der Waals surface area contributed by atoms with E-state index >= 15 is 0 Å². The van der Waals surface area contributed by atoms with Crippen molar-refractivity contribution < 1.29 is 0 Å². The fraction of sp³-hybridized carbons (Fsp3) is 0.200. The van der Waals surface area contributed by atoms with Gasteiger partial charge in [-0.15, -0.1) is 5.10 Å². The molecular weight excluding hydrogens is 208 g/mol. The highest BCUT2D eigenvalue weighted by atomic mass is 32.1. The van der Waals surface area contributed by atoms with Crippen LogP contribution in [0.3, 0.4) is 0 Å². The number of para-hydroxylation sites is 1. The summed E-state index contributed by atoms with van der Waals surface area (Å²) in [5.41, 5.74) is 6.55. The molecule has 0 aliphatic rings. The van der Waals surface area contributed by atoms with E-state index in [-0.39, 0.29) is 0 Å². The van der Waals surface area contributed by atoms with Gasteiger partial charge in [-0.25, -0.2) is 9.67 Å². The summed E-state index contributed by atoms with van der Waals surface area (Å²) in [6.45, 7) is 2.79. The smallest absolute Gasteiger partial charge is 0.209 e. The van der Waals surface area contributed by atoms with Gasteiger partial charge in [0.2, 0.25) is 9.93 Å². The molecule has 1 aromatic heterocycles. The fourth-order valence-electron chi connectivity index (χ4n) is 1.23. The Balaban J connectivity index is 2.49. The van der Waals surface area contributed by atoms with Crippen molar-refractivity contribution in [3.8, 4) is 0 Å². The minimum absolute atomic E-state index is 0.548. The number of nitrogen functional groups attached to an aromatic ring is 1. The van der Waals surface area contributed by atoms with Crippen LogP contribution < -0.4 is 10.5 Å². The van der Waals surface area contributed by atoms with E-state index in [9.17, 15) is 0 Å². The Bertz CT molecular complexity index is 498. The lowest BCUT2D eigenvalue weighted by Gasteiger charge is -1.93. The number of nitrogens with zero attached hydrogens (tertiary/aromatic N) is 3. The first kappa shape index (κ1) is 9.92. The minimum atomic E-state index is 0.548. The van der Waals surface area contributed by atoms with E-state index in [1.165, 1.54) is 11.3 Å². The Morgan fingerprint density at radius 1 is 1.40 bits per heavy atom. The molecule has 0 aliphatic carbocycles. The van der Waals surface area contributed by atoms with Gasteiger partial charge in [-0.3, -0.25) is 0 Å². The van der Waals surface area contributed by atoms with E-state index in [1.54, 1.807) is 4.68 Å². The Morgan fingerprint density at radius 2 is 2.13 bits per heavy atom. The zero-order chi connectivity index (χ0) is 10.7. The molecule has 2 rings (SSSR count). The van der Waals surface area contributed by atoms with E-state index in [2.05, 4.69) is 10.1 Å². The van der Waals surface area contributed by atoms with Gasteiger partial charge in [0.1, 0.15) is 0 Å². The third-order valence-corrected chi connectivity index (χ3v) is 2.69. The summed E-state index contributed by atoms with van der Waals surface area (Å²) in [6, 6.07) is 9.79. The fourth-order valence-corrected chi connectivity index (χ4v) is 1.98. The molecule has 0 amide bonds. The van der Waals surface area contributed by atoms with Crippen LogP contribution in [0.5, 0.6) is 0 Å². The van der Waals surface area contributed by atoms with Crippen molar-refractivity contribution in [1.82, 2.24) is 9.78 Å². The molecule has 4 nitrogen and oxygen atoms in total. The van der Waals surface area contributed by atoms with Gasteiger partial charge in [0.05, 0.1) is 5.69 Å². The van der Waals surface area contributed by atoms with E-state index in [0.29, 0.717) is 5.13 Å². The predicted molar refractivity (Wildman–Crippen MR) is 61.9 cm³/mol. The van der Waals surface area contributed by atoms with Gasteiger partial charge in [0, 0.05) is 6.54 Å². The molecule has 0 saturated carbocycles. The monoisotopic (exact) mass is 220 g/mol. The predicted octanol–water partition coefficient (Wildman–Crippen LogP) is 1.78. The summed E-state index contributed by atoms with van der Waals surface area (Å²) in [6.07, 6.45) is 0. The Kier molecular flexibility index (Phi) is 2.82. The zero-order valence-corrected chi connectivity index (χ0v) is 9.24. The molecule has 1 aromatic carbocycles. The van der Waals surface area contributed by atoms with Crippen molar-refractivity contribution in [2.24, 2.45) is 4.99 Å². The number of nitrogens with two attached hydrogens (primary N) is 1. The second kappa shape index (κ2) is 4.27. The van der Waals surface area contributed by atoms with Crippen molar-refractivity contribution in [3.63, 3.8) is 0 Å². The number of hydrogen-bond donors (Lipinski definition) is 1. The number of anilines is 1. The first-order valence-electron chi connectivity index (χ1n) is 4.73. The molecule has 2 aromatic rings. The van der Waals surface area contributed by atoms with Gasteiger partial charge in [0.25, 0.3) is 0 Å². The summed E-state index contributed by atoms with van der Waals surface area (Å²) in [5, 5.41) is 4.69. The van der Waals surface area contributed by atoms with Gasteiger partial charge >= 0.3 is 0 Å². The molecule has 0 unspecified atom stereocenters. The molecule has 78 valence electrons. The van der Waals surface area contributed by atoms with Crippen LogP contribution in [-0.4, -0.2) is 9.78 Å². The standard InChI is InChI=1S/C10H12N4S/c1-2-14-10(15-9(11)13-14)12-8-6-4-3-5-7-8/h3-7H,2H2,1H3,(H2,11,13). The second-order valence-corrected chi connectivity index (χ2v) is 3.97. The summed E-state index contributed by atoms with van der Waals surface area (Å²) in [7, 11) is 0. The van der Waals surface area contributed by atoms with E-state index in [0.717, 1.165) is 17.0 Å². The second-order valence-electron chi connectivity index (χ2n) is 2.99. The van der Waals surface area contributed by atoms with Crippen LogP contribution in [0.1, 0.15) is 6.92 Å². The molecule has 0 aliphatic heterocycles. The summed E-state index contributed by atoms with van der Waals surface area (Å²) in [4.78, 5) is 5.31. The number of aromatic nitrogens is 2. The van der Waals surface area contributed by atoms with Crippen LogP contribution in [-0.2, 0) is 6.54 Å². The Morgan fingerprint density at radius 3 is 2.80 bits per heavy atom. The van der Waals surface area contributed by atoms with Gasteiger partial charge in [0.15, 0.2) is 0 Å². The summed E-state index contributed by atoms with van der Waals surface area (Å²) in [5.74, 6) is 0. The van der Waals surface area contributed by atoms with Crippen LogP contribution >= 0.6 is 11.3 Å². The highest BCUT2D eigenvalue weighted by Crippen LogP contribution is 2.09. The van der Waals surface area contributed by atoms with Crippen molar-refractivity contribution in [1.29, 1.82) is 0 Å². The molecule has 0 saturated heterocycles. The highest BCUT2D eigenvalue weighted by molar-refractivity contribution is 7.12. The van der Waals surface area contributed by atoms with Crippen LogP contribution in [0.25, 0.3) is 0 Å². The van der Waals surface area contributed by atoms with Crippen LogP contribution in [0.4, 0.5) is 10.8 Å². The maximum Gasteiger partial charge on any atom is 0.209 e. The topological polar surface area (TPSA) is 56.2 Å². The number of rotatable bonds is 2. The van der Waals surface area contributed by atoms with Gasteiger partial charge in [-0.1, -0.05) is 29.5 Å². The molecular formula is C10H12N4S. The molecule has 1 heterocycles. The molecule has 15 heavy (non-hydrogen) atoms. The first-order valence-corrected chi connectivity index (χ1v) is 5.54. The molecule has 0 bridgehead atoms. The lowest BCUT2D eigenvalue weighted by atomic mass is 10.3. The molecule has 0 radical (unpaired) electrons. The Hall–Kier alpha value is -1.62. The van der Waals surface area contributed by atoms with Crippen molar-refractivity contribution in [2.75, 3.05) is 5.73 Å². The zero-order valence-electron chi connectivity index (χ0n) is 8.42. The number of aryl methyl sites for hydroxylation is 1. The third kappa shape index (κ3) is 2.24. The lowest BCUT2D eigenvalue weighted by molar-refractivity contribution is 0.635. The summed E-state index contributed by atoms with van der Waals surface area (Å²) >= 11 is 1.40. The van der Waals surface area contributed by atoms with Gasteiger partial charge in [-0.05, 0) is 19.1 Å². The quantitative estimate of drug-likeness (QED) is 0.838. The molecule has 0 spiro atoms. The van der Waals surface area contributed by atoms with E-state index in [1.807, 2.05) is 37.3 Å². The van der Waals surface area contributed by atoms with Gasteiger partial charge < -0.3 is 5.73 Å². The number of benzene rings is 1. The minimum Gasteiger partial charge on any atom is -0.374 e. The summed E-state index contributed by atoms with van der Waals surface area (Å²) < 4.78 is 1.80. The normalized spacial score (nSPS) is 11.9. The highest BCUT2D eigenvalue weighted by Gasteiger charge is 1.98. The maximum absolute atomic E-state index is 5.64. The lowest BCUT2D eigenvalue weighted by Crippen LogP contribution is -2.14. The van der Waals surface area contributed by atoms with E-state index in [4.69, 9.17) is 5.73 Å². The van der Waals surface area contributed by atoms with Gasteiger partial charge in [-0.2, -0.15) is 0 Å². The first-order chi connectivity index (χ1) is 7.29. The largest absolute Gasteiger partial charge is 0.374 e. The molecule has 0 fully saturated rings. The number of hydrogen-bond acceptors (Lipinski definition) is 4. The molecule has 0 atom stereocenters. The molecule has 2 N–H and O–H groups in total. The van der Waals surface area contributed by atoms with E-state index < -0.39 is 0 Å². The Labute approximate surface area is 91.7 Å². The van der Waals surface area contributed by atoms with Crippen molar-refractivity contribution in [2.45, 2.75) is 13.5 Å². The van der Waals surface area contributed by atoms with Crippen LogP contribution in [0.2, 0.25) is 0 Å². The van der Waals surface area contributed by atoms with Crippen LogP contribution in [0.15, 0.2) is 35.3 Å². The molecule has 5 heteroatoms. The SMILES string of the molecule is CCn1nc(N)sc1=Nc1ccccc1. The van der Waals surface area contributed by atoms with Crippen LogP contribution in [0, 0.1) is 0 Å². The maximum atomic E-state index is 5.64. The van der Waals surface area contributed by atoms with Crippen molar-refractivity contribution in [3.05, 3.63) is 35.1 Å². The third-order valence-electron chi connectivity index (χ3n) is 1.92. The average molecular weight is 220 g/mol. The average Bonchev–Trinajstić information content (AvgIpc) is 2.60. The van der Waals surface area contributed by atoms with Crippen molar-refractivity contribution >= 4 is 22.2 Å².